The van der Waals surface area contributed by atoms with Gasteiger partial charge in [0.2, 0.25) is 12.4 Å². The highest BCUT2D eigenvalue weighted by Crippen LogP contribution is 2.18. The van der Waals surface area contributed by atoms with E-state index in [1.54, 1.807) is 97.1 Å². The zero-order valence-corrected chi connectivity index (χ0v) is 24.3. The number of hydrazine groups is 4. The van der Waals surface area contributed by atoms with Crippen LogP contribution < -0.4 is 42.3 Å². The van der Waals surface area contributed by atoms with Gasteiger partial charge in [-0.25, -0.2) is 9.59 Å². The summed E-state index contributed by atoms with van der Waals surface area (Å²) in [5.74, 6) is 22.5. The van der Waals surface area contributed by atoms with Gasteiger partial charge in [0.1, 0.15) is 36.2 Å². The van der Waals surface area contributed by atoms with E-state index < -0.39 is 11.9 Å². The summed E-state index contributed by atoms with van der Waals surface area (Å²) in [6.45, 7) is 1.30. The molecule has 8 N–H and O–H groups in total. The van der Waals surface area contributed by atoms with Crippen LogP contribution in [0, 0.1) is 0 Å². The molecule has 0 bridgehead atoms. The first-order chi connectivity index (χ1) is 21.7. The molecule has 0 aliphatic rings. The third-order valence-corrected chi connectivity index (χ3v) is 5.95. The summed E-state index contributed by atoms with van der Waals surface area (Å²) >= 11 is 0. The maximum atomic E-state index is 12.4. The summed E-state index contributed by atoms with van der Waals surface area (Å²) in [7, 11) is 0. The van der Waals surface area contributed by atoms with Crippen LogP contribution in [0.5, 0.6) is 23.0 Å². The molecule has 0 atom stereocenters. The number of carbonyl (C=O) groups is 2. The second-order valence-electron chi connectivity index (χ2n) is 9.43. The summed E-state index contributed by atoms with van der Waals surface area (Å²) < 4.78 is 27.7. The number of hydrogen-bond acceptors (Lipinski definition) is 11. The SMILES string of the molecule is N[N+](N)=Cc1ccc(OC(=O)c2ccc(OCCOCCOc3ccc(C(=O)Oc4ccc(C=[N+](N)N)cc4)cc3)cc2)cc1. The van der Waals surface area contributed by atoms with Crippen molar-refractivity contribution in [2.75, 3.05) is 26.4 Å². The summed E-state index contributed by atoms with van der Waals surface area (Å²) in [5.41, 5.74) is 2.28. The van der Waals surface area contributed by atoms with Gasteiger partial charge < -0.3 is 23.7 Å². The minimum atomic E-state index is -0.496. The quantitative estimate of drug-likeness (QED) is 0.0309. The molecule has 0 spiro atoms. The van der Waals surface area contributed by atoms with Crippen LogP contribution in [0.4, 0.5) is 0 Å². The fourth-order valence-corrected chi connectivity index (χ4v) is 3.83. The van der Waals surface area contributed by atoms with Gasteiger partial charge in [0.05, 0.1) is 24.3 Å². The van der Waals surface area contributed by atoms with Gasteiger partial charge in [-0.15, -0.1) is 0 Å². The summed E-state index contributed by atoms with van der Waals surface area (Å²) in [6.07, 6.45) is 3.04. The summed E-state index contributed by atoms with van der Waals surface area (Å²) in [5, 5.41) is 0. The molecule has 0 saturated carbocycles. The Morgan fingerprint density at radius 2 is 0.822 bits per heavy atom. The monoisotopic (exact) mass is 614 g/mol. The standard InChI is InChI=1S/C32H34N6O7/c33-37(34)21-23-1-9-29(10-2-23)44-31(39)25-5-13-27(14-6-25)42-19-17-41-18-20-43-28-15-7-26(8-16-28)32(40)45-30-11-3-24(4-12-30)22-38(35)36/h1-16,21-22H,17-20,33-36H2/q+2. The largest absolute Gasteiger partial charge is 0.491 e. The van der Waals surface area contributed by atoms with E-state index in [4.69, 9.17) is 47.1 Å². The van der Waals surface area contributed by atoms with E-state index in [9.17, 15) is 9.59 Å². The second-order valence-corrected chi connectivity index (χ2v) is 9.43. The Bertz CT molecular complexity index is 1490. The van der Waals surface area contributed by atoms with E-state index in [-0.39, 0.29) is 0 Å². The fourth-order valence-electron chi connectivity index (χ4n) is 3.83. The number of esters is 2. The molecular weight excluding hydrogens is 580 g/mol. The van der Waals surface area contributed by atoms with Gasteiger partial charge in [0, 0.05) is 11.1 Å². The fraction of sp³-hybridized carbons (Fsp3) is 0.125. The number of rotatable bonds is 14. The van der Waals surface area contributed by atoms with E-state index in [1.807, 2.05) is 0 Å². The molecule has 4 aromatic rings. The van der Waals surface area contributed by atoms with Gasteiger partial charge >= 0.3 is 11.9 Å². The second kappa shape index (κ2) is 16.0. The lowest BCUT2D eigenvalue weighted by atomic mass is 10.2. The molecule has 232 valence electrons. The van der Waals surface area contributed by atoms with Crippen molar-refractivity contribution < 1.29 is 42.9 Å². The van der Waals surface area contributed by atoms with Crippen molar-refractivity contribution in [3.8, 4) is 23.0 Å². The molecule has 0 aliphatic heterocycles. The third kappa shape index (κ3) is 10.6. The smallest absolute Gasteiger partial charge is 0.343 e. The Hall–Kier alpha value is -6.08. The van der Waals surface area contributed by atoms with E-state index in [0.29, 0.717) is 60.6 Å². The molecule has 0 saturated heterocycles. The first-order valence-electron chi connectivity index (χ1n) is 13.7. The zero-order chi connectivity index (χ0) is 32.0. The molecule has 0 radical (unpaired) electrons. The number of benzene rings is 4. The van der Waals surface area contributed by atoms with Gasteiger partial charge in [0.25, 0.3) is 0 Å². The number of ether oxygens (including phenoxy) is 5. The van der Waals surface area contributed by atoms with Crippen molar-refractivity contribution in [1.29, 1.82) is 0 Å². The Morgan fingerprint density at radius 1 is 0.489 bits per heavy atom. The molecule has 0 heterocycles. The van der Waals surface area contributed by atoms with E-state index in [1.165, 1.54) is 12.4 Å². The van der Waals surface area contributed by atoms with Crippen LogP contribution in [0.1, 0.15) is 31.8 Å². The van der Waals surface area contributed by atoms with Crippen LogP contribution in [0.2, 0.25) is 0 Å². The molecule has 0 amide bonds. The van der Waals surface area contributed by atoms with Gasteiger partial charge in [-0.1, -0.05) is 0 Å². The summed E-state index contributed by atoms with van der Waals surface area (Å²) in [4.78, 5) is 26.7. The van der Waals surface area contributed by atoms with Crippen molar-refractivity contribution in [3.05, 3.63) is 119 Å². The van der Waals surface area contributed by atoms with Crippen LogP contribution in [0.15, 0.2) is 97.1 Å². The van der Waals surface area contributed by atoms with E-state index in [2.05, 4.69) is 0 Å². The Morgan fingerprint density at radius 3 is 1.16 bits per heavy atom. The van der Waals surface area contributed by atoms with Crippen LogP contribution in [0.3, 0.4) is 0 Å². The topological polar surface area (TPSA) is 190 Å². The van der Waals surface area contributed by atoms with Crippen molar-refractivity contribution in [2.45, 2.75) is 0 Å². The molecular formula is C32H34N6O7+2. The lowest BCUT2D eigenvalue weighted by Crippen LogP contribution is -2.28. The normalized spacial score (nSPS) is 10.3. The maximum Gasteiger partial charge on any atom is 0.343 e. The van der Waals surface area contributed by atoms with Gasteiger partial charge in [-0.3, -0.25) is 0 Å². The zero-order valence-electron chi connectivity index (χ0n) is 24.3. The highest BCUT2D eigenvalue weighted by atomic mass is 16.5. The molecule has 45 heavy (non-hydrogen) atoms. The predicted molar refractivity (Wildman–Crippen MR) is 165 cm³/mol. The molecule has 0 aliphatic carbocycles. The number of carbonyl (C=O) groups excluding carboxylic acids is 2. The predicted octanol–water partition coefficient (Wildman–Crippen LogP) is 1.96. The van der Waals surface area contributed by atoms with Crippen molar-refractivity contribution >= 4 is 24.4 Å². The average molecular weight is 615 g/mol. The Balaban J connectivity index is 1.10. The minimum Gasteiger partial charge on any atom is -0.491 e. The third-order valence-electron chi connectivity index (χ3n) is 5.95. The lowest BCUT2D eigenvalue weighted by Gasteiger charge is -2.10. The van der Waals surface area contributed by atoms with Crippen molar-refractivity contribution in [3.63, 3.8) is 0 Å². The lowest BCUT2D eigenvalue weighted by molar-refractivity contribution is -0.546. The number of hydrogen-bond donors (Lipinski definition) is 4. The van der Waals surface area contributed by atoms with Gasteiger partial charge in [0.15, 0.2) is 0 Å². The molecule has 4 aromatic carbocycles. The molecule has 0 unspecified atom stereocenters. The Labute approximate surface area is 259 Å². The Kier molecular flexibility index (Phi) is 11.3. The molecule has 4 rings (SSSR count). The first kappa shape index (κ1) is 31.8. The highest BCUT2D eigenvalue weighted by molar-refractivity contribution is 5.92. The van der Waals surface area contributed by atoms with Crippen LogP contribution in [-0.2, 0) is 4.74 Å². The number of nitrogens with two attached hydrogens (primary N) is 4. The van der Waals surface area contributed by atoms with Gasteiger partial charge in [-0.05, 0) is 107 Å². The van der Waals surface area contributed by atoms with Crippen LogP contribution >= 0.6 is 0 Å². The summed E-state index contributed by atoms with van der Waals surface area (Å²) in [6, 6.07) is 26.7. The minimum absolute atomic E-state index is 0.312. The van der Waals surface area contributed by atoms with Crippen molar-refractivity contribution in [2.24, 2.45) is 23.4 Å². The van der Waals surface area contributed by atoms with Gasteiger partial charge in [-0.2, -0.15) is 23.4 Å². The molecule has 0 aromatic heterocycles. The van der Waals surface area contributed by atoms with E-state index in [0.717, 1.165) is 20.7 Å². The number of hydrazone groups is 4. The average Bonchev–Trinajstić information content (AvgIpc) is 3.02. The van der Waals surface area contributed by atoms with Crippen LogP contribution in [0.25, 0.3) is 0 Å². The number of nitrogens with zero attached hydrogens (tertiary/aromatic N) is 2. The molecule has 13 nitrogen and oxygen atoms in total. The van der Waals surface area contributed by atoms with E-state index >= 15 is 0 Å². The molecule has 13 heteroatoms. The highest BCUT2D eigenvalue weighted by Gasteiger charge is 2.11. The molecule has 0 fully saturated rings. The first-order valence-corrected chi connectivity index (χ1v) is 13.7. The maximum absolute atomic E-state index is 12.4. The van der Waals surface area contributed by atoms with Crippen LogP contribution in [-0.4, -0.2) is 60.4 Å². The van der Waals surface area contributed by atoms with Crippen molar-refractivity contribution in [1.82, 2.24) is 0 Å².